The molecule has 10 nitrogen and oxygen atoms in total. The highest BCUT2D eigenvalue weighted by atomic mass is 16.6. The maximum atomic E-state index is 13.0. The molecule has 1 N–H and O–H groups in total. The van der Waals surface area contributed by atoms with Crippen LogP contribution < -0.4 is 4.90 Å². The highest BCUT2D eigenvalue weighted by Gasteiger charge is 2.47. The van der Waals surface area contributed by atoms with Crippen LogP contribution in [0.4, 0.5) is 17.1 Å². The molecule has 1 amide bonds. The number of ketones is 1. The first-order chi connectivity index (χ1) is 15.8. The zero-order valence-corrected chi connectivity index (χ0v) is 16.8. The average Bonchev–Trinajstić information content (AvgIpc) is 3.09. The number of nitrogens with zero attached hydrogens (tertiary/aromatic N) is 3. The summed E-state index contributed by atoms with van der Waals surface area (Å²) in [6.07, 6.45) is 0. The Bertz CT molecular complexity index is 1320. The zero-order chi connectivity index (χ0) is 23.7. The van der Waals surface area contributed by atoms with E-state index in [4.69, 9.17) is 0 Å². The highest BCUT2D eigenvalue weighted by Crippen LogP contribution is 2.43. The molecule has 0 radical (unpaired) electrons. The minimum absolute atomic E-state index is 0.0711. The zero-order valence-electron chi connectivity index (χ0n) is 16.8. The molecule has 1 saturated heterocycles. The van der Waals surface area contributed by atoms with Gasteiger partial charge in [0.2, 0.25) is 0 Å². The van der Waals surface area contributed by atoms with Gasteiger partial charge in [-0.1, -0.05) is 36.4 Å². The minimum atomic E-state index is -1.16. The maximum absolute atomic E-state index is 13.0. The van der Waals surface area contributed by atoms with Gasteiger partial charge < -0.3 is 5.11 Å². The molecule has 164 valence electrons. The van der Waals surface area contributed by atoms with Crippen LogP contribution in [0.25, 0.3) is 5.76 Å². The fourth-order valence-electron chi connectivity index (χ4n) is 3.70. The van der Waals surface area contributed by atoms with Gasteiger partial charge in [0.1, 0.15) is 5.76 Å². The van der Waals surface area contributed by atoms with Crippen LogP contribution in [-0.4, -0.2) is 26.6 Å². The minimum Gasteiger partial charge on any atom is -0.507 e. The number of nitro benzene ring substituents is 2. The summed E-state index contributed by atoms with van der Waals surface area (Å²) in [4.78, 5) is 48.2. The van der Waals surface area contributed by atoms with Crippen molar-refractivity contribution in [3.05, 3.63) is 116 Å². The van der Waals surface area contributed by atoms with Crippen molar-refractivity contribution in [2.45, 2.75) is 6.04 Å². The third-order valence-electron chi connectivity index (χ3n) is 5.23. The molecule has 0 bridgehead atoms. The summed E-state index contributed by atoms with van der Waals surface area (Å²) in [7, 11) is 0. The molecule has 4 rings (SSSR count). The molecule has 0 spiro atoms. The van der Waals surface area contributed by atoms with E-state index in [1.165, 1.54) is 42.5 Å². The molecule has 1 aliphatic rings. The lowest BCUT2D eigenvalue weighted by molar-refractivity contribution is -0.385. The second-order valence-electron chi connectivity index (χ2n) is 7.16. The molecule has 1 aliphatic heterocycles. The summed E-state index contributed by atoms with van der Waals surface area (Å²) in [5.74, 6) is -2.40. The lowest BCUT2D eigenvalue weighted by Gasteiger charge is -2.25. The van der Waals surface area contributed by atoms with E-state index >= 15 is 0 Å². The Balaban J connectivity index is 1.94. The van der Waals surface area contributed by atoms with Crippen LogP contribution in [-0.2, 0) is 9.59 Å². The molecule has 3 aromatic carbocycles. The van der Waals surface area contributed by atoms with Gasteiger partial charge in [-0.05, 0) is 23.8 Å². The summed E-state index contributed by atoms with van der Waals surface area (Å²) in [6, 6.07) is 17.3. The van der Waals surface area contributed by atoms with Crippen LogP contribution in [0, 0.1) is 20.2 Å². The monoisotopic (exact) mass is 445 g/mol. The van der Waals surface area contributed by atoms with Crippen LogP contribution in [0.1, 0.15) is 17.2 Å². The number of rotatable bonds is 5. The summed E-state index contributed by atoms with van der Waals surface area (Å²) in [6.45, 7) is 0. The van der Waals surface area contributed by atoms with Crippen LogP contribution in [0.15, 0.2) is 84.4 Å². The molecule has 33 heavy (non-hydrogen) atoms. The fraction of sp³-hybridized carbons (Fsp3) is 0.0435. The van der Waals surface area contributed by atoms with Gasteiger partial charge in [-0.2, -0.15) is 0 Å². The third kappa shape index (κ3) is 3.81. The lowest BCUT2D eigenvalue weighted by atomic mass is 9.95. The van der Waals surface area contributed by atoms with Crippen molar-refractivity contribution in [3.63, 3.8) is 0 Å². The second-order valence-corrected chi connectivity index (χ2v) is 7.16. The Kier molecular flexibility index (Phi) is 5.41. The van der Waals surface area contributed by atoms with E-state index in [0.717, 1.165) is 11.0 Å². The van der Waals surface area contributed by atoms with E-state index < -0.39 is 33.3 Å². The van der Waals surface area contributed by atoms with Crippen LogP contribution in [0.3, 0.4) is 0 Å². The van der Waals surface area contributed by atoms with E-state index in [-0.39, 0.29) is 22.6 Å². The van der Waals surface area contributed by atoms with Gasteiger partial charge in [-0.15, -0.1) is 0 Å². The molecular weight excluding hydrogens is 430 g/mol. The van der Waals surface area contributed by atoms with Gasteiger partial charge >= 0.3 is 0 Å². The molecule has 1 fully saturated rings. The molecule has 0 aromatic heterocycles. The first-order valence-electron chi connectivity index (χ1n) is 9.65. The summed E-state index contributed by atoms with van der Waals surface area (Å²) >= 11 is 0. The van der Waals surface area contributed by atoms with Gasteiger partial charge in [0.25, 0.3) is 23.1 Å². The number of hydrogen-bond donors (Lipinski definition) is 1. The van der Waals surface area contributed by atoms with E-state index in [2.05, 4.69) is 0 Å². The maximum Gasteiger partial charge on any atom is 0.300 e. The number of anilines is 1. The standard InChI is InChI=1S/C23H15N3O7/c27-21(15-5-2-1-3-6-15)19-20(14-9-11-16(12-10-14)25(30)31)24(23(29)22(19)28)17-7-4-8-18(13-17)26(32)33/h1-13,20,27H/b21-19+. The van der Waals surface area contributed by atoms with Gasteiger partial charge in [0.05, 0.1) is 27.1 Å². The largest absolute Gasteiger partial charge is 0.507 e. The highest BCUT2D eigenvalue weighted by molar-refractivity contribution is 6.51. The number of amides is 1. The Hall–Kier alpha value is -4.86. The van der Waals surface area contributed by atoms with Gasteiger partial charge in [0.15, 0.2) is 0 Å². The van der Waals surface area contributed by atoms with Crippen molar-refractivity contribution in [1.82, 2.24) is 0 Å². The van der Waals surface area contributed by atoms with Crippen molar-refractivity contribution in [2.75, 3.05) is 4.90 Å². The number of aliphatic hydroxyl groups is 1. The second kappa shape index (κ2) is 8.35. The summed E-state index contributed by atoms with van der Waals surface area (Å²) in [5, 5.41) is 33.3. The van der Waals surface area contributed by atoms with Crippen molar-refractivity contribution in [1.29, 1.82) is 0 Å². The first-order valence-corrected chi connectivity index (χ1v) is 9.65. The summed E-state index contributed by atoms with van der Waals surface area (Å²) < 4.78 is 0. The van der Waals surface area contributed by atoms with Crippen LogP contribution in [0.5, 0.6) is 0 Å². The molecule has 0 saturated carbocycles. The fourth-order valence-corrected chi connectivity index (χ4v) is 3.70. The van der Waals surface area contributed by atoms with Crippen molar-refractivity contribution in [3.8, 4) is 0 Å². The smallest absolute Gasteiger partial charge is 0.300 e. The summed E-state index contributed by atoms with van der Waals surface area (Å²) in [5.41, 5.74) is -0.0485. The van der Waals surface area contributed by atoms with Crippen LogP contribution in [0.2, 0.25) is 0 Å². The Morgan fingerprint density at radius 2 is 1.45 bits per heavy atom. The van der Waals surface area contributed by atoms with E-state index in [9.17, 15) is 34.9 Å². The van der Waals surface area contributed by atoms with Gasteiger partial charge in [-0.25, -0.2) is 0 Å². The molecule has 1 atom stereocenters. The number of carbonyl (C=O) groups excluding carboxylic acids is 2. The van der Waals surface area contributed by atoms with Crippen molar-refractivity contribution >= 4 is 34.5 Å². The van der Waals surface area contributed by atoms with Crippen LogP contribution >= 0.6 is 0 Å². The number of nitro groups is 2. The first kappa shape index (κ1) is 21.4. The molecule has 10 heteroatoms. The third-order valence-corrected chi connectivity index (χ3v) is 5.23. The number of Topliss-reactive ketones (excluding diaryl/α,β-unsaturated/α-hetero) is 1. The number of benzene rings is 3. The number of aliphatic hydroxyl groups excluding tert-OH is 1. The van der Waals surface area contributed by atoms with Gasteiger partial charge in [0, 0.05) is 29.8 Å². The van der Waals surface area contributed by atoms with E-state index in [0.29, 0.717) is 11.1 Å². The number of carbonyl (C=O) groups is 2. The number of non-ortho nitro benzene ring substituents is 2. The Morgan fingerprint density at radius 1 is 0.818 bits per heavy atom. The SMILES string of the molecule is O=C1C(=O)N(c2cccc([N+](=O)[O-])c2)C(c2ccc([N+](=O)[O-])cc2)/C1=C(\O)c1ccccc1. The molecule has 1 unspecified atom stereocenters. The predicted molar refractivity (Wildman–Crippen MR) is 117 cm³/mol. The van der Waals surface area contributed by atoms with E-state index in [1.807, 2.05) is 0 Å². The average molecular weight is 445 g/mol. The number of hydrogen-bond acceptors (Lipinski definition) is 7. The predicted octanol–water partition coefficient (Wildman–Crippen LogP) is 4.13. The normalized spacial score (nSPS) is 17.2. The topological polar surface area (TPSA) is 144 Å². The lowest BCUT2D eigenvalue weighted by Crippen LogP contribution is -2.29. The molecular formula is C23H15N3O7. The Labute approximate surface area is 186 Å². The Morgan fingerprint density at radius 3 is 2.06 bits per heavy atom. The van der Waals surface area contributed by atoms with Gasteiger partial charge in [-0.3, -0.25) is 34.7 Å². The van der Waals surface area contributed by atoms with Crippen molar-refractivity contribution in [2.24, 2.45) is 0 Å². The molecule has 0 aliphatic carbocycles. The molecule has 1 heterocycles. The van der Waals surface area contributed by atoms with E-state index in [1.54, 1.807) is 30.3 Å². The molecule has 3 aromatic rings. The quantitative estimate of drug-likeness (QED) is 0.204. The van der Waals surface area contributed by atoms with Crippen molar-refractivity contribution < 1.29 is 24.5 Å².